The summed E-state index contributed by atoms with van der Waals surface area (Å²) in [6.45, 7) is 0. The number of aromatic nitrogens is 4. The molecule has 2 aromatic carbocycles. The Hall–Kier alpha value is -4.31. The van der Waals surface area contributed by atoms with Crippen LogP contribution in [-0.2, 0) is 41.0 Å². The van der Waals surface area contributed by atoms with E-state index in [0.717, 1.165) is 24.8 Å². The Labute approximate surface area is 221 Å². The lowest BCUT2D eigenvalue weighted by atomic mass is 9.84. The quantitative estimate of drug-likeness (QED) is 0.426. The second kappa shape index (κ2) is 9.21. The van der Waals surface area contributed by atoms with E-state index in [1.54, 1.807) is 12.1 Å². The average molecular weight is 537 g/mol. The van der Waals surface area contributed by atoms with Crippen molar-refractivity contribution in [2.45, 2.75) is 18.8 Å². The molecule has 10 nitrogen and oxygen atoms in total. The zero-order chi connectivity index (χ0) is 27.5. The minimum absolute atomic E-state index is 0.0363. The third kappa shape index (κ3) is 3.88. The van der Waals surface area contributed by atoms with Crippen molar-refractivity contribution in [2.75, 3.05) is 0 Å². The zero-order valence-corrected chi connectivity index (χ0v) is 21.9. The maximum Gasteiger partial charge on any atom is 0.333 e. The summed E-state index contributed by atoms with van der Waals surface area (Å²) in [5.74, 6) is -0.770. The molecule has 3 heterocycles. The van der Waals surface area contributed by atoms with Crippen molar-refractivity contribution in [1.29, 1.82) is 0 Å². The Morgan fingerprint density at radius 3 is 2.24 bits per heavy atom. The lowest BCUT2D eigenvalue weighted by Crippen LogP contribution is -2.42. The lowest BCUT2D eigenvalue weighted by Gasteiger charge is -2.29. The summed E-state index contributed by atoms with van der Waals surface area (Å²) >= 11 is 6.37. The largest absolute Gasteiger partial charge is 0.494 e. The third-order valence-electron chi connectivity index (χ3n) is 7.13. The smallest absolute Gasteiger partial charge is 0.333 e. The highest BCUT2D eigenvalue weighted by atomic mass is 35.5. The number of hydrogen-bond acceptors (Lipinski definition) is 6. The van der Waals surface area contributed by atoms with Crippen LogP contribution in [-0.4, -0.2) is 23.4 Å². The minimum atomic E-state index is -0.762. The molecule has 5 rings (SSSR count). The summed E-state index contributed by atoms with van der Waals surface area (Å²) in [5, 5.41) is 11.4. The highest BCUT2D eigenvalue weighted by molar-refractivity contribution is 6.31. The SMILES string of the molecule is Cn1c(O)c(C[C@@H]2c3cc(Cc4ccccc4Cl)ccc3Oc3c2c(=O)n(C)c(=O)n3C)c(=O)n(C)c1=O. The van der Waals surface area contributed by atoms with Crippen molar-refractivity contribution >= 4 is 11.6 Å². The molecular weight excluding hydrogens is 512 g/mol. The van der Waals surface area contributed by atoms with Gasteiger partial charge in [-0.1, -0.05) is 41.9 Å². The van der Waals surface area contributed by atoms with Gasteiger partial charge in [0.1, 0.15) is 5.75 Å². The first-order chi connectivity index (χ1) is 18.0. The van der Waals surface area contributed by atoms with Crippen LogP contribution in [0.15, 0.2) is 61.6 Å². The first-order valence-electron chi connectivity index (χ1n) is 11.8. The first kappa shape index (κ1) is 25.3. The summed E-state index contributed by atoms with van der Waals surface area (Å²) in [4.78, 5) is 51.5. The number of hydrogen-bond donors (Lipinski definition) is 1. The maximum absolute atomic E-state index is 13.4. The molecule has 0 fully saturated rings. The Morgan fingerprint density at radius 2 is 1.53 bits per heavy atom. The molecule has 0 bridgehead atoms. The topological polar surface area (TPSA) is 117 Å². The summed E-state index contributed by atoms with van der Waals surface area (Å²) < 4.78 is 10.2. The fourth-order valence-corrected chi connectivity index (χ4v) is 5.17. The van der Waals surface area contributed by atoms with E-state index in [0.29, 0.717) is 22.8 Å². The Balaban J connectivity index is 1.74. The van der Waals surface area contributed by atoms with Crippen LogP contribution in [0.4, 0.5) is 0 Å². The molecule has 1 aliphatic rings. The highest BCUT2D eigenvalue weighted by Crippen LogP contribution is 2.44. The molecule has 196 valence electrons. The predicted molar refractivity (Wildman–Crippen MR) is 142 cm³/mol. The van der Waals surface area contributed by atoms with E-state index >= 15 is 0 Å². The van der Waals surface area contributed by atoms with Crippen LogP contribution in [0.3, 0.4) is 0 Å². The van der Waals surface area contributed by atoms with Crippen molar-refractivity contribution in [3.63, 3.8) is 0 Å². The van der Waals surface area contributed by atoms with Gasteiger partial charge in [-0.05, 0) is 36.1 Å². The van der Waals surface area contributed by atoms with Crippen molar-refractivity contribution in [2.24, 2.45) is 28.2 Å². The molecule has 0 aliphatic carbocycles. The summed E-state index contributed by atoms with van der Waals surface area (Å²) in [7, 11) is 5.55. The van der Waals surface area contributed by atoms with Crippen molar-refractivity contribution < 1.29 is 9.84 Å². The second-order valence-corrected chi connectivity index (χ2v) is 9.84. The van der Waals surface area contributed by atoms with E-state index in [9.17, 15) is 24.3 Å². The van der Waals surface area contributed by atoms with Gasteiger partial charge in [0.25, 0.3) is 11.1 Å². The number of ether oxygens (including phenoxy) is 1. The third-order valence-corrected chi connectivity index (χ3v) is 7.50. The monoisotopic (exact) mass is 536 g/mol. The molecule has 2 aromatic heterocycles. The number of aromatic hydroxyl groups is 1. The van der Waals surface area contributed by atoms with Crippen LogP contribution in [0.1, 0.15) is 33.7 Å². The fourth-order valence-electron chi connectivity index (χ4n) is 4.97. The van der Waals surface area contributed by atoms with Gasteiger partial charge in [-0.25, -0.2) is 9.59 Å². The molecular formula is C27H25ClN4O6. The van der Waals surface area contributed by atoms with Gasteiger partial charge < -0.3 is 9.84 Å². The fraction of sp³-hybridized carbons (Fsp3) is 0.259. The molecule has 1 N–H and O–H groups in total. The molecule has 0 radical (unpaired) electrons. The molecule has 11 heteroatoms. The van der Waals surface area contributed by atoms with E-state index in [2.05, 4.69) is 0 Å². The standard InChI is InChI=1S/C27H25ClN4O6/c1-29-22(33)18(23(34)30(2)26(29)36)13-17-16-12-14(11-15-7-5-6-8-19(15)28)9-10-20(16)38-25-21(17)24(35)31(3)27(37)32(25)4/h5-10,12,17,33H,11,13H2,1-4H3/t17-/m1/s1. The number of fused-ring (bicyclic) bond motifs is 2. The summed E-state index contributed by atoms with van der Waals surface area (Å²) in [5.41, 5.74) is 0.0481. The van der Waals surface area contributed by atoms with E-state index < -0.39 is 34.3 Å². The van der Waals surface area contributed by atoms with Gasteiger partial charge in [-0.3, -0.25) is 27.9 Å². The van der Waals surface area contributed by atoms with Crippen molar-refractivity contribution in [3.05, 3.63) is 117 Å². The average Bonchev–Trinajstić information content (AvgIpc) is 2.91. The van der Waals surface area contributed by atoms with Gasteiger partial charge in [-0.15, -0.1) is 0 Å². The minimum Gasteiger partial charge on any atom is -0.494 e. The van der Waals surface area contributed by atoms with Crippen molar-refractivity contribution in [1.82, 2.24) is 18.3 Å². The molecule has 38 heavy (non-hydrogen) atoms. The highest BCUT2D eigenvalue weighted by Gasteiger charge is 2.35. The molecule has 1 aliphatic heterocycles. The van der Waals surface area contributed by atoms with Crippen LogP contribution < -0.4 is 27.2 Å². The summed E-state index contributed by atoms with van der Waals surface area (Å²) in [6.07, 6.45) is 0.393. The Morgan fingerprint density at radius 1 is 0.868 bits per heavy atom. The van der Waals surface area contributed by atoms with Crippen molar-refractivity contribution in [3.8, 4) is 17.5 Å². The van der Waals surface area contributed by atoms with Gasteiger partial charge in [0.2, 0.25) is 11.8 Å². The molecule has 0 unspecified atom stereocenters. The molecule has 0 spiro atoms. The van der Waals surface area contributed by atoms with E-state index in [1.165, 1.54) is 32.8 Å². The van der Waals surface area contributed by atoms with Gasteiger partial charge in [0, 0.05) is 44.7 Å². The van der Waals surface area contributed by atoms with Gasteiger partial charge in [-0.2, -0.15) is 0 Å². The van der Waals surface area contributed by atoms with E-state index in [-0.39, 0.29) is 23.4 Å². The molecule has 0 saturated heterocycles. The Bertz CT molecular complexity index is 1860. The maximum atomic E-state index is 13.4. The van der Waals surface area contributed by atoms with E-state index in [4.69, 9.17) is 16.3 Å². The Kier molecular flexibility index (Phi) is 6.15. The molecule has 0 saturated carbocycles. The van der Waals surface area contributed by atoms with Crippen LogP contribution in [0.5, 0.6) is 17.5 Å². The number of nitrogens with zero attached hydrogens (tertiary/aromatic N) is 4. The van der Waals surface area contributed by atoms with Crippen LogP contribution in [0.2, 0.25) is 5.02 Å². The normalized spacial score (nSPS) is 14.1. The van der Waals surface area contributed by atoms with Crippen LogP contribution in [0.25, 0.3) is 0 Å². The van der Waals surface area contributed by atoms with Crippen LogP contribution >= 0.6 is 11.6 Å². The van der Waals surface area contributed by atoms with Gasteiger partial charge >= 0.3 is 11.4 Å². The first-order valence-corrected chi connectivity index (χ1v) is 12.2. The summed E-state index contributed by atoms with van der Waals surface area (Å²) in [6, 6.07) is 13.0. The van der Waals surface area contributed by atoms with E-state index in [1.807, 2.05) is 30.3 Å². The molecule has 0 amide bonds. The number of rotatable bonds is 4. The second-order valence-electron chi connectivity index (χ2n) is 9.43. The molecule has 1 atom stereocenters. The van der Waals surface area contributed by atoms with Gasteiger partial charge in [0.05, 0.1) is 11.1 Å². The predicted octanol–water partition coefficient (Wildman–Crippen LogP) is 1.91. The number of halogens is 1. The van der Waals surface area contributed by atoms with Crippen LogP contribution in [0, 0.1) is 0 Å². The number of benzene rings is 2. The zero-order valence-electron chi connectivity index (χ0n) is 21.2. The molecule has 4 aromatic rings. The van der Waals surface area contributed by atoms with Gasteiger partial charge in [0.15, 0.2) is 0 Å². The lowest BCUT2D eigenvalue weighted by molar-refractivity contribution is 0.381.